The van der Waals surface area contributed by atoms with Crippen LogP contribution in [0.25, 0.3) is 70.3 Å². The molecule has 40 heavy (non-hydrogen) atoms. The summed E-state index contributed by atoms with van der Waals surface area (Å²) in [7, 11) is 0. The molecule has 0 unspecified atom stereocenters. The van der Waals surface area contributed by atoms with Crippen LogP contribution in [0.1, 0.15) is 0 Å². The minimum Gasteiger partial charge on any atom is -0.309 e. The highest BCUT2D eigenvalue weighted by atomic mass is 32.1. The number of hydrogen-bond acceptors (Lipinski definition) is 1. The maximum atomic E-state index is 2.43. The first-order chi connectivity index (χ1) is 19.9. The van der Waals surface area contributed by atoms with Gasteiger partial charge in [0.05, 0.1) is 11.0 Å². The van der Waals surface area contributed by atoms with E-state index >= 15 is 0 Å². The minimum atomic E-state index is 1.18. The van der Waals surface area contributed by atoms with Gasteiger partial charge in [-0.2, -0.15) is 0 Å². The molecule has 0 bridgehead atoms. The topological polar surface area (TPSA) is 4.93 Å². The third-order valence-electron chi connectivity index (χ3n) is 7.80. The van der Waals surface area contributed by atoms with Crippen molar-refractivity contribution >= 4 is 43.2 Å². The summed E-state index contributed by atoms with van der Waals surface area (Å²) in [6.45, 7) is 0. The zero-order chi connectivity index (χ0) is 26.5. The van der Waals surface area contributed by atoms with Gasteiger partial charge < -0.3 is 4.57 Å². The first-order valence-corrected chi connectivity index (χ1v) is 14.4. The fourth-order valence-electron chi connectivity index (χ4n) is 6.02. The second-order valence-electron chi connectivity index (χ2n) is 10.1. The SMILES string of the molecule is c1ccc(-c2cccc(-n3c4ccccc4c4c5sc(-c6ccccc6)c(-c6ccccc6)c5ccc43)c2)cc1. The lowest BCUT2D eigenvalue weighted by Crippen LogP contribution is -1.94. The predicted octanol–water partition coefficient (Wildman–Crippen LogP) is 11.0. The second-order valence-corrected chi connectivity index (χ2v) is 11.2. The molecule has 2 heteroatoms. The summed E-state index contributed by atoms with van der Waals surface area (Å²) in [4.78, 5) is 1.32. The number of para-hydroxylation sites is 1. The van der Waals surface area contributed by atoms with Gasteiger partial charge in [0.15, 0.2) is 0 Å². The van der Waals surface area contributed by atoms with E-state index in [9.17, 15) is 0 Å². The predicted molar refractivity (Wildman–Crippen MR) is 172 cm³/mol. The molecule has 8 aromatic rings. The van der Waals surface area contributed by atoms with Crippen LogP contribution in [0.15, 0.2) is 152 Å². The fourth-order valence-corrected chi connectivity index (χ4v) is 7.41. The highest BCUT2D eigenvalue weighted by molar-refractivity contribution is 7.24. The maximum Gasteiger partial charge on any atom is 0.0555 e. The van der Waals surface area contributed by atoms with E-state index < -0.39 is 0 Å². The second kappa shape index (κ2) is 9.37. The summed E-state index contributed by atoms with van der Waals surface area (Å²) >= 11 is 1.91. The van der Waals surface area contributed by atoms with Crippen LogP contribution in [0.3, 0.4) is 0 Å². The Morgan fingerprint density at radius 3 is 1.80 bits per heavy atom. The van der Waals surface area contributed by atoms with E-state index in [-0.39, 0.29) is 0 Å². The number of thiophene rings is 1. The third kappa shape index (κ3) is 3.61. The van der Waals surface area contributed by atoms with Crippen LogP contribution in [0.2, 0.25) is 0 Å². The molecule has 2 heterocycles. The first kappa shape index (κ1) is 23.0. The van der Waals surface area contributed by atoms with E-state index in [0.29, 0.717) is 0 Å². The quantitative estimate of drug-likeness (QED) is 0.214. The molecule has 0 amide bonds. The summed E-state index contributed by atoms with van der Waals surface area (Å²) in [5.41, 5.74) is 9.92. The van der Waals surface area contributed by atoms with Crippen molar-refractivity contribution in [2.45, 2.75) is 0 Å². The Kier molecular flexibility index (Phi) is 5.39. The molecule has 0 spiro atoms. The normalized spacial score (nSPS) is 11.5. The molecule has 1 nitrogen and oxygen atoms in total. The molecule has 0 aliphatic heterocycles. The number of benzene rings is 6. The lowest BCUT2D eigenvalue weighted by molar-refractivity contribution is 1.18. The molecule has 0 fully saturated rings. The molecule has 2 aromatic heterocycles. The van der Waals surface area contributed by atoms with Crippen molar-refractivity contribution in [3.8, 4) is 38.4 Å². The Morgan fingerprint density at radius 1 is 0.425 bits per heavy atom. The van der Waals surface area contributed by atoms with Gasteiger partial charge in [-0.05, 0) is 46.5 Å². The van der Waals surface area contributed by atoms with Gasteiger partial charge in [-0.3, -0.25) is 0 Å². The van der Waals surface area contributed by atoms with E-state index in [1.54, 1.807) is 0 Å². The smallest absolute Gasteiger partial charge is 0.0555 e. The molecule has 0 radical (unpaired) electrons. The maximum absolute atomic E-state index is 2.43. The molecule has 188 valence electrons. The van der Waals surface area contributed by atoms with Gasteiger partial charge in [0, 0.05) is 37.0 Å². The summed E-state index contributed by atoms with van der Waals surface area (Å²) in [5.74, 6) is 0. The number of rotatable bonds is 4. The summed E-state index contributed by atoms with van der Waals surface area (Å²) < 4.78 is 3.77. The lowest BCUT2D eigenvalue weighted by Gasteiger charge is -2.10. The van der Waals surface area contributed by atoms with Crippen molar-refractivity contribution < 1.29 is 0 Å². The number of fused-ring (bicyclic) bond motifs is 5. The van der Waals surface area contributed by atoms with Gasteiger partial charge in [-0.1, -0.05) is 127 Å². The van der Waals surface area contributed by atoms with Crippen molar-refractivity contribution in [3.05, 3.63) is 152 Å². The van der Waals surface area contributed by atoms with Crippen molar-refractivity contribution in [1.29, 1.82) is 0 Å². The molecule has 0 atom stereocenters. The molecular formula is C38H25NS. The Balaban J connectivity index is 1.46. The Bertz CT molecular complexity index is 2140. The number of hydrogen-bond donors (Lipinski definition) is 0. The fraction of sp³-hybridized carbons (Fsp3) is 0. The van der Waals surface area contributed by atoms with E-state index in [1.807, 2.05) is 11.3 Å². The largest absolute Gasteiger partial charge is 0.309 e. The third-order valence-corrected chi connectivity index (χ3v) is 9.07. The van der Waals surface area contributed by atoms with Gasteiger partial charge in [0.1, 0.15) is 0 Å². The summed E-state index contributed by atoms with van der Waals surface area (Å²) in [5, 5.41) is 3.92. The number of nitrogens with zero attached hydrogens (tertiary/aromatic N) is 1. The average Bonchev–Trinajstić information content (AvgIpc) is 3.59. The Hall–Kier alpha value is -4.92. The van der Waals surface area contributed by atoms with Crippen molar-refractivity contribution in [1.82, 2.24) is 4.57 Å². The standard InChI is InChI=1S/C38H25NS/c1-4-13-26(14-5-1)29-19-12-20-30(25-29)39-33-22-11-10-21-31(33)36-34(39)24-23-32-35(27-15-6-2-7-16-27)37(40-38(32)36)28-17-8-3-9-18-28/h1-25H. The lowest BCUT2D eigenvalue weighted by atomic mass is 9.98. The Labute approximate surface area is 237 Å². The highest BCUT2D eigenvalue weighted by Gasteiger charge is 2.21. The van der Waals surface area contributed by atoms with Crippen LogP contribution in [0.5, 0.6) is 0 Å². The molecule has 0 N–H and O–H groups in total. The average molecular weight is 528 g/mol. The van der Waals surface area contributed by atoms with Gasteiger partial charge >= 0.3 is 0 Å². The van der Waals surface area contributed by atoms with E-state index in [1.165, 1.54) is 70.3 Å². The molecule has 6 aromatic carbocycles. The van der Waals surface area contributed by atoms with Crippen molar-refractivity contribution in [3.63, 3.8) is 0 Å². The van der Waals surface area contributed by atoms with Gasteiger partial charge in [0.25, 0.3) is 0 Å². The van der Waals surface area contributed by atoms with Crippen LogP contribution in [-0.2, 0) is 0 Å². The van der Waals surface area contributed by atoms with Gasteiger partial charge in [-0.25, -0.2) is 0 Å². The van der Waals surface area contributed by atoms with Crippen LogP contribution in [0, 0.1) is 0 Å². The van der Waals surface area contributed by atoms with Crippen LogP contribution in [-0.4, -0.2) is 4.57 Å². The zero-order valence-corrected chi connectivity index (χ0v) is 22.6. The van der Waals surface area contributed by atoms with E-state index in [4.69, 9.17) is 0 Å². The van der Waals surface area contributed by atoms with Gasteiger partial charge in [-0.15, -0.1) is 11.3 Å². The van der Waals surface area contributed by atoms with Crippen LogP contribution < -0.4 is 0 Å². The monoisotopic (exact) mass is 527 g/mol. The zero-order valence-electron chi connectivity index (χ0n) is 21.8. The van der Waals surface area contributed by atoms with E-state index in [2.05, 4.69) is 156 Å². The highest BCUT2D eigenvalue weighted by Crippen LogP contribution is 2.49. The molecule has 0 aliphatic rings. The molecule has 8 rings (SSSR count). The summed E-state index contributed by atoms with van der Waals surface area (Å²) in [6.07, 6.45) is 0. The minimum absolute atomic E-state index is 1.18. The molecule has 0 aliphatic carbocycles. The first-order valence-electron chi connectivity index (χ1n) is 13.6. The van der Waals surface area contributed by atoms with Crippen LogP contribution >= 0.6 is 11.3 Å². The van der Waals surface area contributed by atoms with Crippen molar-refractivity contribution in [2.75, 3.05) is 0 Å². The molecule has 0 saturated heterocycles. The Morgan fingerprint density at radius 2 is 1.05 bits per heavy atom. The number of aromatic nitrogens is 1. The van der Waals surface area contributed by atoms with E-state index in [0.717, 1.165) is 0 Å². The summed E-state index contributed by atoms with van der Waals surface area (Å²) in [6, 6.07) is 54.7. The van der Waals surface area contributed by atoms with Crippen molar-refractivity contribution in [2.24, 2.45) is 0 Å². The molecular weight excluding hydrogens is 502 g/mol. The van der Waals surface area contributed by atoms with Gasteiger partial charge in [0.2, 0.25) is 0 Å². The van der Waals surface area contributed by atoms with Crippen LogP contribution in [0.4, 0.5) is 0 Å². The molecule has 0 saturated carbocycles.